The van der Waals surface area contributed by atoms with Gasteiger partial charge in [-0.15, -0.1) is 0 Å². The quantitative estimate of drug-likeness (QED) is 0.336. The smallest absolute Gasteiger partial charge is 0.259 e. The maximum atomic E-state index is 14.3. The Bertz CT molecular complexity index is 1230. The van der Waals surface area contributed by atoms with Crippen LogP contribution in [-0.2, 0) is 0 Å². The van der Waals surface area contributed by atoms with Crippen molar-refractivity contribution in [2.45, 2.75) is 26.7 Å². The lowest BCUT2D eigenvalue weighted by atomic mass is 10.1. The number of carbonyl (C=O) groups excluding carboxylic acids is 2. The maximum absolute atomic E-state index is 14.3. The van der Waals surface area contributed by atoms with Gasteiger partial charge in [-0.3, -0.25) is 9.59 Å². The molecule has 0 aliphatic heterocycles. The molecule has 7 nitrogen and oxygen atoms in total. The third kappa shape index (κ3) is 6.71. The Morgan fingerprint density at radius 1 is 0.750 bits per heavy atom. The van der Waals surface area contributed by atoms with Crippen LogP contribution in [0.25, 0.3) is 0 Å². The Morgan fingerprint density at radius 2 is 1.28 bits per heavy atom. The molecule has 0 fully saturated rings. The predicted octanol–water partition coefficient (Wildman–Crippen LogP) is 6.06. The zero-order valence-electron chi connectivity index (χ0n) is 20.3. The van der Waals surface area contributed by atoms with Crippen LogP contribution in [0.5, 0.6) is 17.2 Å². The summed E-state index contributed by atoms with van der Waals surface area (Å²) >= 11 is 0. The van der Waals surface area contributed by atoms with E-state index in [1.807, 2.05) is 13.8 Å². The van der Waals surface area contributed by atoms with Gasteiger partial charge >= 0.3 is 0 Å². The number of benzene rings is 3. The Balaban J connectivity index is 1.83. The number of hydrogen-bond acceptors (Lipinski definition) is 5. The van der Waals surface area contributed by atoms with Crippen molar-refractivity contribution in [1.82, 2.24) is 0 Å². The molecule has 0 aromatic heterocycles. The first kappa shape index (κ1) is 26.5. The van der Waals surface area contributed by atoms with Crippen molar-refractivity contribution < 1.29 is 32.6 Å². The van der Waals surface area contributed by atoms with E-state index in [0.29, 0.717) is 24.7 Å². The van der Waals surface area contributed by atoms with E-state index in [0.717, 1.165) is 12.8 Å². The predicted molar refractivity (Wildman–Crippen MR) is 133 cm³/mol. The summed E-state index contributed by atoms with van der Waals surface area (Å²) in [5, 5.41) is 4.98. The second-order valence-electron chi connectivity index (χ2n) is 7.80. The number of nitrogens with one attached hydrogen (secondary N) is 2. The van der Waals surface area contributed by atoms with Gasteiger partial charge in [-0.2, -0.15) is 0 Å². The molecule has 3 aromatic rings. The van der Waals surface area contributed by atoms with E-state index in [1.165, 1.54) is 61.7 Å². The highest BCUT2D eigenvalue weighted by Gasteiger charge is 2.19. The molecule has 36 heavy (non-hydrogen) atoms. The molecule has 0 atom stereocenters. The first-order chi connectivity index (χ1) is 17.4. The topological polar surface area (TPSA) is 85.9 Å². The van der Waals surface area contributed by atoms with Crippen molar-refractivity contribution in [3.8, 4) is 17.2 Å². The van der Waals surface area contributed by atoms with Crippen molar-refractivity contribution >= 4 is 23.2 Å². The van der Waals surface area contributed by atoms with E-state index >= 15 is 0 Å². The molecular formula is C27H28F2N2O5. The van der Waals surface area contributed by atoms with Crippen LogP contribution in [0.4, 0.5) is 20.2 Å². The van der Waals surface area contributed by atoms with E-state index in [4.69, 9.17) is 14.2 Å². The summed E-state index contributed by atoms with van der Waals surface area (Å²) in [6.07, 6.45) is 1.54. The zero-order chi connectivity index (χ0) is 26.1. The second-order valence-corrected chi connectivity index (χ2v) is 7.80. The van der Waals surface area contributed by atoms with Gasteiger partial charge in [0, 0.05) is 17.7 Å². The summed E-state index contributed by atoms with van der Waals surface area (Å²) in [7, 11) is 1.36. The lowest BCUT2D eigenvalue weighted by Gasteiger charge is -2.13. The van der Waals surface area contributed by atoms with Gasteiger partial charge in [0.05, 0.1) is 37.3 Å². The molecule has 9 heteroatoms. The standard InChI is InChI=1S/C27H28F2N2O5/c1-4-12-35-18-7-9-21(28)23(15-18)30-26(32)17-6-11-25(34-3)20(14-17)27(33)31-24-16-19(36-13-5-2)8-10-22(24)29/h6-11,14-16H,4-5,12-13H2,1-3H3,(H,30,32)(H,31,33). The normalized spacial score (nSPS) is 10.5. The average Bonchev–Trinajstić information content (AvgIpc) is 2.89. The van der Waals surface area contributed by atoms with E-state index in [2.05, 4.69) is 10.6 Å². The summed E-state index contributed by atoms with van der Waals surface area (Å²) in [5.41, 5.74) is -0.0940. The Kier molecular flexibility index (Phi) is 9.21. The van der Waals surface area contributed by atoms with E-state index in [-0.39, 0.29) is 28.3 Å². The van der Waals surface area contributed by atoms with Crippen molar-refractivity contribution in [2.75, 3.05) is 31.0 Å². The Labute approximate surface area is 208 Å². The number of halogens is 2. The van der Waals surface area contributed by atoms with Crippen molar-refractivity contribution in [1.29, 1.82) is 0 Å². The third-order valence-corrected chi connectivity index (χ3v) is 5.02. The molecule has 0 unspecified atom stereocenters. The molecule has 0 aliphatic rings. The number of amides is 2. The minimum atomic E-state index is -0.700. The number of anilines is 2. The van der Waals surface area contributed by atoms with Gasteiger partial charge in [0.1, 0.15) is 28.9 Å². The van der Waals surface area contributed by atoms with Gasteiger partial charge < -0.3 is 24.8 Å². The minimum Gasteiger partial charge on any atom is -0.496 e. The fraction of sp³-hybridized carbons (Fsp3) is 0.259. The fourth-order valence-electron chi connectivity index (χ4n) is 3.23. The highest BCUT2D eigenvalue weighted by atomic mass is 19.1. The molecule has 2 N–H and O–H groups in total. The Hall–Kier alpha value is -4.14. The van der Waals surface area contributed by atoms with Gasteiger partial charge in [0.25, 0.3) is 11.8 Å². The maximum Gasteiger partial charge on any atom is 0.259 e. The number of methoxy groups -OCH3 is 1. The second kappa shape index (κ2) is 12.5. The van der Waals surface area contributed by atoms with E-state index in [1.54, 1.807) is 0 Å². The van der Waals surface area contributed by atoms with Gasteiger partial charge in [-0.25, -0.2) is 8.78 Å². The molecule has 0 saturated heterocycles. The zero-order valence-corrected chi connectivity index (χ0v) is 20.3. The average molecular weight is 499 g/mol. The van der Waals surface area contributed by atoms with Crippen molar-refractivity contribution in [3.63, 3.8) is 0 Å². The molecule has 0 aliphatic carbocycles. The van der Waals surface area contributed by atoms with Gasteiger partial charge in [0.2, 0.25) is 0 Å². The van der Waals surface area contributed by atoms with Crippen molar-refractivity contribution in [3.05, 3.63) is 77.4 Å². The molecule has 0 spiro atoms. The first-order valence-corrected chi connectivity index (χ1v) is 11.5. The molecule has 3 aromatic carbocycles. The Morgan fingerprint density at radius 3 is 1.78 bits per heavy atom. The summed E-state index contributed by atoms with van der Waals surface area (Å²) in [4.78, 5) is 25.9. The van der Waals surface area contributed by atoms with Crippen LogP contribution in [0, 0.1) is 11.6 Å². The highest BCUT2D eigenvalue weighted by molar-refractivity contribution is 6.10. The minimum absolute atomic E-state index is 0.00932. The van der Waals surface area contributed by atoms with Gasteiger partial charge in [0.15, 0.2) is 0 Å². The van der Waals surface area contributed by atoms with Crippen LogP contribution in [0.1, 0.15) is 47.4 Å². The first-order valence-electron chi connectivity index (χ1n) is 11.5. The third-order valence-electron chi connectivity index (χ3n) is 5.02. The molecule has 190 valence electrons. The van der Waals surface area contributed by atoms with Crippen LogP contribution in [-0.4, -0.2) is 32.1 Å². The molecule has 0 bridgehead atoms. The number of rotatable bonds is 11. The largest absolute Gasteiger partial charge is 0.496 e. The lowest BCUT2D eigenvalue weighted by molar-refractivity contribution is 0.102. The number of hydrogen-bond donors (Lipinski definition) is 2. The molecule has 0 radical (unpaired) electrons. The molecule has 3 rings (SSSR count). The number of carbonyl (C=O) groups is 2. The van der Waals surface area contributed by atoms with Crippen LogP contribution < -0.4 is 24.8 Å². The van der Waals surface area contributed by atoms with E-state index in [9.17, 15) is 18.4 Å². The lowest BCUT2D eigenvalue weighted by Crippen LogP contribution is -2.17. The van der Waals surface area contributed by atoms with Gasteiger partial charge in [-0.05, 0) is 55.3 Å². The van der Waals surface area contributed by atoms with Crippen LogP contribution >= 0.6 is 0 Å². The SMILES string of the molecule is CCCOc1ccc(F)c(NC(=O)c2ccc(OC)c(C(=O)Nc3cc(OCCC)ccc3F)c2)c1. The highest BCUT2D eigenvalue weighted by Crippen LogP contribution is 2.27. The molecule has 0 saturated carbocycles. The molecular weight excluding hydrogens is 470 g/mol. The summed E-state index contributed by atoms with van der Waals surface area (Å²) in [5.74, 6) is -1.66. The fourth-order valence-corrected chi connectivity index (χ4v) is 3.23. The van der Waals surface area contributed by atoms with Gasteiger partial charge in [-0.1, -0.05) is 13.8 Å². The molecule has 2 amide bonds. The number of ether oxygens (including phenoxy) is 3. The summed E-state index contributed by atoms with van der Waals surface area (Å²) < 4.78 is 44.9. The van der Waals surface area contributed by atoms with Crippen LogP contribution in [0.3, 0.4) is 0 Å². The van der Waals surface area contributed by atoms with E-state index < -0.39 is 23.4 Å². The van der Waals surface area contributed by atoms with Crippen LogP contribution in [0.15, 0.2) is 54.6 Å². The molecule has 0 heterocycles. The summed E-state index contributed by atoms with van der Waals surface area (Å²) in [6, 6.07) is 12.2. The van der Waals surface area contributed by atoms with Crippen molar-refractivity contribution in [2.24, 2.45) is 0 Å². The summed E-state index contributed by atoms with van der Waals surface area (Å²) in [6.45, 7) is 4.77. The van der Waals surface area contributed by atoms with Crippen LogP contribution in [0.2, 0.25) is 0 Å². The monoisotopic (exact) mass is 498 g/mol.